The van der Waals surface area contributed by atoms with Gasteiger partial charge in [-0.15, -0.1) is 0 Å². The van der Waals surface area contributed by atoms with E-state index in [2.05, 4.69) is 36.0 Å². The SMILES string of the molecule is Cc1nc(C[C@H]2CCCN(C(=O)Cn3c(CN4CCOCC4)nc4ccccc43)C2)cc(Nc2cc(C)[nH]n2)n1. The summed E-state index contributed by atoms with van der Waals surface area (Å²) < 4.78 is 7.63. The Balaban J connectivity index is 1.13. The molecule has 0 aliphatic carbocycles. The maximum atomic E-state index is 13.7. The number of anilines is 2. The third-order valence-electron chi connectivity index (χ3n) is 7.72. The van der Waals surface area contributed by atoms with Crippen molar-refractivity contribution in [2.24, 2.45) is 5.92 Å². The summed E-state index contributed by atoms with van der Waals surface area (Å²) in [5.41, 5.74) is 3.91. The maximum absolute atomic E-state index is 13.7. The zero-order valence-electron chi connectivity index (χ0n) is 23.3. The van der Waals surface area contributed by atoms with E-state index in [1.165, 1.54) is 0 Å². The molecule has 0 bridgehead atoms. The van der Waals surface area contributed by atoms with Gasteiger partial charge in [0, 0.05) is 49.7 Å². The van der Waals surface area contributed by atoms with Gasteiger partial charge in [0.25, 0.3) is 0 Å². The molecule has 6 rings (SSSR count). The number of amides is 1. The Morgan fingerprint density at radius 2 is 1.93 bits per heavy atom. The number of hydrogen-bond acceptors (Lipinski definition) is 8. The van der Waals surface area contributed by atoms with Gasteiger partial charge in [-0.2, -0.15) is 5.10 Å². The van der Waals surface area contributed by atoms with Gasteiger partial charge >= 0.3 is 0 Å². The first-order chi connectivity index (χ1) is 19.5. The van der Waals surface area contributed by atoms with Crippen molar-refractivity contribution in [3.8, 4) is 0 Å². The first kappa shape index (κ1) is 26.4. The van der Waals surface area contributed by atoms with Crippen LogP contribution in [0, 0.1) is 19.8 Å². The second-order valence-electron chi connectivity index (χ2n) is 10.9. The highest BCUT2D eigenvalue weighted by atomic mass is 16.5. The predicted molar refractivity (Wildman–Crippen MR) is 152 cm³/mol. The molecule has 11 nitrogen and oxygen atoms in total. The number of fused-ring (bicyclic) bond motifs is 1. The normalized spacial score (nSPS) is 18.4. The van der Waals surface area contributed by atoms with Gasteiger partial charge in [0.05, 0.1) is 30.8 Å². The van der Waals surface area contributed by atoms with Crippen LogP contribution >= 0.6 is 0 Å². The Hall–Kier alpha value is -3.83. The molecule has 2 saturated heterocycles. The molecule has 0 saturated carbocycles. The second kappa shape index (κ2) is 11.7. The number of aromatic nitrogens is 6. The smallest absolute Gasteiger partial charge is 0.242 e. The third-order valence-corrected chi connectivity index (χ3v) is 7.72. The number of carbonyl (C=O) groups is 1. The van der Waals surface area contributed by atoms with E-state index in [9.17, 15) is 4.79 Å². The van der Waals surface area contributed by atoms with Crippen LogP contribution in [0.25, 0.3) is 11.0 Å². The summed E-state index contributed by atoms with van der Waals surface area (Å²) in [7, 11) is 0. The monoisotopic (exact) mass is 543 g/mol. The number of aryl methyl sites for hydroxylation is 2. The Morgan fingerprint density at radius 1 is 1.07 bits per heavy atom. The number of benzene rings is 1. The number of aromatic amines is 1. The molecule has 2 aliphatic rings. The predicted octanol–water partition coefficient (Wildman–Crippen LogP) is 3.22. The first-order valence-corrected chi connectivity index (χ1v) is 14.2. The van der Waals surface area contributed by atoms with Gasteiger partial charge in [0.2, 0.25) is 5.91 Å². The highest BCUT2D eigenvalue weighted by Crippen LogP contribution is 2.24. The molecule has 0 unspecified atom stereocenters. The van der Waals surface area contributed by atoms with Crippen molar-refractivity contribution in [3.63, 3.8) is 0 Å². The standard InChI is InChI=1S/C29H37N9O2/c1-20-14-27(35-34-20)33-26-16-23(30-21(2)31-26)15-22-6-5-9-37(17-22)29(39)19-38-25-8-4-3-7-24(25)32-28(38)18-36-10-12-40-13-11-36/h3-4,7-8,14,16,22H,5-6,9-13,15,17-19H2,1-2H3,(H2,30,31,33,34,35)/t22-/m1/s1. The van der Waals surface area contributed by atoms with Crippen molar-refractivity contribution < 1.29 is 9.53 Å². The average molecular weight is 544 g/mol. The van der Waals surface area contributed by atoms with Crippen LogP contribution in [0.15, 0.2) is 36.4 Å². The summed E-state index contributed by atoms with van der Waals surface area (Å²) in [6.07, 6.45) is 2.87. The van der Waals surface area contributed by atoms with E-state index >= 15 is 0 Å². The Kier molecular flexibility index (Phi) is 7.74. The molecule has 1 amide bonds. The van der Waals surface area contributed by atoms with Crippen LogP contribution in [0.5, 0.6) is 0 Å². The lowest BCUT2D eigenvalue weighted by atomic mass is 9.93. The van der Waals surface area contributed by atoms with E-state index < -0.39 is 0 Å². The fraction of sp³-hybridized carbons (Fsp3) is 0.483. The summed E-state index contributed by atoms with van der Waals surface area (Å²) in [6, 6.07) is 12.0. The van der Waals surface area contributed by atoms with Gasteiger partial charge < -0.3 is 19.5 Å². The number of morpholine rings is 1. The number of imidazole rings is 1. The molecular formula is C29H37N9O2. The molecule has 1 aromatic carbocycles. The fourth-order valence-electron chi connectivity index (χ4n) is 5.78. The second-order valence-corrected chi connectivity index (χ2v) is 10.9. The molecule has 2 aliphatic heterocycles. The Bertz CT molecular complexity index is 1470. The van der Waals surface area contributed by atoms with Crippen molar-refractivity contribution >= 4 is 28.6 Å². The van der Waals surface area contributed by atoms with Crippen LogP contribution in [0.4, 0.5) is 11.6 Å². The first-order valence-electron chi connectivity index (χ1n) is 14.2. The van der Waals surface area contributed by atoms with E-state index in [1.807, 2.05) is 49.1 Å². The number of likely N-dealkylation sites (tertiary alicyclic amines) is 1. The quantitative estimate of drug-likeness (QED) is 0.348. The summed E-state index contributed by atoms with van der Waals surface area (Å²) in [6.45, 7) is 9.64. The number of rotatable bonds is 8. The molecular weight excluding hydrogens is 506 g/mol. The lowest BCUT2D eigenvalue weighted by Gasteiger charge is -2.33. The van der Waals surface area contributed by atoms with Crippen molar-refractivity contribution in [1.82, 2.24) is 39.5 Å². The molecule has 0 spiro atoms. The number of nitrogens with zero attached hydrogens (tertiary/aromatic N) is 7. The van der Waals surface area contributed by atoms with E-state index in [0.29, 0.717) is 12.5 Å². The maximum Gasteiger partial charge on any atom is 0.242 e. The number of para-hydroxylation sites is 2. The van der Waals surface area contributed by atoms with Crippen molar-refractivity contribution in [1.29, 1.82) is 0 Å². The van der Waals surface area contributed by atoms with Gasteiger partial charge in [-0.1, -0.05) is 12.1 Å². The van der Waals surface area contributed by atoms with Crippen molar-refractivity contribution in [2.45, 2.75) is 46.2 Å². The van der Waals surface area contributed by atoms with Gasteiger partial charge in [-0.25, -0.2) is 15.0 Å². The number of H-pyrrole nitrogens is 1. The lowest BCUT2D eigenvalue weighted by molar-refractivity contribution is -0.133. The van der Waals surface area contributed by atoms with E-state index in [0.717, 1.165) is 111 Å². The zero-order chi connectivity index (χ0) is 27.5. The minimum atomic E-state index is 0.145. The minimum absolute atomic E-state index is 0.145. The molecule has 2 N–H and O–H groups in total. The van der Waals surface area contributed by atoms with Crippen molar-refractivity contribution in [3.05, 3.63) is 59.4 Å². The molecule has 40 heavy (non-hydrogen) atoms. The lowest BCUT2D eigenvalue weighted by Crippen LogP contribution is -2.42. The van der Waals surface area contributed by atoms with Crippen LogP contribution in [0.2, 0.25) is 0 Å². The molecule has 5 heterocycles. The molecule has 210 valence electrons. The fourth-order valence-corrected chi connectivity index (χ4v) is 5.78. The van der Waals surface area contributed by atoms with Crippen molar-refractivity contribution in [2.75, 3.05) is 44.7 Å². The van der Waals surface area contributed by atoms with Gasteiger partial charge in [-0.05, 0) is 51.2 Å². The van der Waals surface area contributed by atoms with E-state index in [-0.39, 0.29) is 5.91 Å². The molecule has 2 fully saturated rings. The van der Waals surface area contributed by atoms with Gasteiger partial charge in [-0.3, -0.25) is 14.8 Å². The van der Waals surface area contributed by atoms with E-state index in [1.54, 1.807) is 0 Å². The Labute approximate surface area is 234 Å². The zero-order valence-corrected chi connectivity index (χ0v) is 23.3. The highest BCUT2D eigenvalue weighted by molar-refractivity contribution is 5.81. The summed E-state index contributed by atoms with van der Waals surface area (Å²) in [5, 5.41) is 10.5. The number of ether oxygens (including phenoxy) is 1. The van der Waals surface area contributed by atoms with Crippen LogP contribution in [-0.2, 0) is 29.0 Å². The molecule has 4 aromatic rings. The van der Waals surface area contributed by atoms with Crippen LogP contribution < -0.4 is 5.32 Å². The molecule has 11 heteroatoms. The summed E-state index contributed by atoms with van der Waals surface area (Å²) >= 11 is 0. The number of nitrogens with one attached hydrogen (secondary N) is 2. The number of carbonyl (C=O) groups excluding carboxylic acids is 1. The third kappa shape index (κ3) is 6.15. The van der Waals surface area contributed by atoms with E-state index in [4.69, 9.17) is 14.7 Å². The average Bonchev–Trinajstić information content (AvgIpc) is 3.51. The van der Waals surface area contributed by atoms with Crippen LogP contribution in [0.1, 0.15) is 35.9 Å². The molecule has 3 aromatic heterocycles. The number of piperidine rings is 1. The van der Waals surface area contributed by atoms with Crippen LogP contribution in [-0.4, -0.2) is 84.8 Å². The van der Waals surface area contributed by atoms with Gasteiger partial charge in [0.1, 0.15) is 24.0 Å². The minimum Gasteiger partial charge on any atom is -0.379 e. The topological polar surface area (TPSA) is 117 Å². The summed E-state index contributed by atoms with van der Waals surface area (Å²) in [4.78, 5) is 32.2. The van der Waals surface area contributed by atoms with Gasteiger partial charge in [0.15, 0.2) is 5.82 Å². The Morgan fingerprint density at radius 3 is 2.75 bits per heavy atom. The summed E-state index contributed by atoms with van der Waals surface area (Å²) in [5.74, 6) is 3.61. The van der Waals surface area contributed by atoms with Crippen LogP contribution in [0.3, 0.4) is 0 Å². The highest BCUT2D eigenvalue weighted by Gasteiger charge is 2.26. The molecule has 1 atom stereocenters. The largest absolute Gasteiger partial charge is 0.379 e. The number of hydrogen-bond donors (Lipinski definition) is 2. The molecule has 0 radical (unpaired) electrons.